The van der Waals surface area contributed by atoms with Gasteiger partial charge in [-0.05, 0) is 19.1 Å². The molecule has 14 heavy (non-hydrogen) atoms. The topological polar surface area (TPSA) is 24.8 Å². The van der Waals surface area contributed by atoms with Gasteiger partial charge in [-0.1, -0.05) is 18.2 Å². The number of hydrazone groups is 1. The third-order valence-corrected chi connectivity index (χ3v) is 3.93. The number of hydrogen-bond acceptors (Lipinski definition) is 3. The molecule has 1 aliphatic heterocycles. The third-order valence-electron chi connectivity index (χ3n) is 2.04. The van der Waals surface area contributed by atoms with Crippen LogP contribution in [0.25, 0.3) is 0 Å². The fraction of sp³-hybridized carbons (Fsp3) is 0.300. The minimum Gasteiger partial charge on any atom is -0.341 e. The molecule has 1 aliphatic rings. The molecule has 0 N–H and O–H groups in total. The van der Waals surface area contributed by atoms with Crippen molar-refractivity contribution in [1.82, 2.24) is 0 Å². The molecule has 0 radical (unpaired) electrons. The van der Waals surface area contributed by atoms with Crippen molar-refractivity contribution >= 4 is 19.7 Å². The number of hydrogen-bond donors (Lipinski definition) is 0. The standard InChI is InChI=1S/C10H13N2OP/c1-9-8-14(13-2)12(11-9)10-6-4-3-5-7-10/h3-7H,8H2,1-2H3. The predicted octanol–water partition coefficient (Wildman–Crippen LogP) is 2.84. The van der Waals surface area contributed by atoms with Gasteiger partial charge in [0.2, 0.25) is 0 Å². The fourth-order valence-corrected chi connectivity index (χ4v) is 2.91. The van der Waals surface area contributed by atoms with Gasteiger partial charge in [-0.15, -0.1) is 0 Å². The van der Waals surface area contributed by atoms with Gasteiger partial charge in [0.05, 0.1) is 11.8 Å². The molecular weight excluding hydrogens is 195 g/mol. The maximum atomic E-state index is 5.42. The SMILES string of the molecule is COP1CC(C)=NN1c1ccccc1. The van der Waals surface area contributed by atoms with Gasteiger partial charge in [0.1, 0.15) is 0 Å². The lowest BCUT2D eigenvalue weighted by atomic mass is 10.3. The molecule has 0 aromatic heterocycles. The van der Waals surface area contributed by atoms with E-state index in [-0.39, 0.29) is 0 Å². The summed E-state index contributed by atoms with van der Waals surface area (Å²) in [5, 5.41) is 4.46. The summed E-state index contributed by atoms with van der Waals surface area (Å²) in [6.07, 6.45) is 0.945. The number of para-hydroxylation sites is 1. The van der Waals surface area contributed by atoms with Crippen molar-refractivity contribution in [3.63, 3.8) is 0 Å². The molecule has 0 saturated heterocycles. The lowest BCUT2D eigenvalue weighted by Crippen LogP contribution is -2.05. The summed E-state index contributed by atoms with van der Waals surface area (Å²) in [7, 11) is 1.15. The largest absolute Gasteiger partial charge is 0.341 e. The first-order valence-electron chi connectivity index (χ1n) is 4.52. The summed E-state index contributed by atoms with van der Waals surface area (Å²) in [4.78, 5) is 0. The monoisotopic (exact) mass is 208 g/mol. The second-order valence-electron chi connectivity index (χ2n) is 3.15. The van der Waals surface area contributed by atoms with E-state index in [1.807, 2.05) is 29.9 Å². The number of benzene rings is 1. The highest BCUT2D eigenvalue weighted by Gasteiger charge is 2.25. The van der Waals surface area contributed by atoms with Gasteiger partial charge in [-0.3, -0.25) is 0 Å². The Balaban J connectivity index is 2.25. The first kappa shape index (κ1) is 9.63. The maximum absolute atomic E-state index is 5.42. The fourth-order valence-electron chi connectivity index (χ4n) is 1.40. The molecule has 0 spiro atoms. The first-order valence-corrected chi connectivity index (χ1v) is 5.92. The second-order valence-corrected chi connectivity index (χ2v) is 4.92. The molecule has 0 aliphatic carbocycles. The Morgan fingerprint density at radius 2 is 2.07 bits per heavy atom. The van der Waals surface area contributed by atoms with Crippen LogP contribution in [0.5, 0.6) is 0 Å². The Morgan fingerprint density at radius 1 is 1.36 bits per heavy atom. The van der Waals surface area contributed by atoms with Gasteiger partial charge in [-0.25, -0.2) is 4.78 Å². The molecule has 1 aromatic carbocycles. The average Bonchev–Trinajstić information content (AvgIpc) is 2.61. The van der Waals surface area contributed by atoms with E-state index < -0.39 is 8.30 Å². The van der Waals surface area contributed by atoms with E-state index in [0.717, 1.165) is 17.6 Å². The smallest absolute Gasteiger partial charge is 0.160 e. The summed E-state index contributed by atoms with van der Waals surface area (Å²) < 4.78 is 7.42. The summed E-state index contributed by atoms with van der Waals surface area (Å²) in [5.41, 5.74) is 2.25. The lowest BCUT2D eigenvalue weighted by molar-refractivity contribution is 0.462. The molecule has 3 nitrogen and oxygen atoms in total. The zero-order valence-corrected chi connectivity index (χ0v) is 9.24. The van der Waals surface area contributed by atoms with E-state index in [9.17, 15) is 0 Å². The van der Waals surface area contributed by atoms with E-state index in [2.05, 4.69) is 17.2 Å². The highest BCUT2D eigenvalue weighted by molar-refractivity contribution is 7.55. The van der Waals surface area contributed by atoms with E-state index in [4.69, 9.17) is 4.52 Å². The summed E-state index contributed by atoms with van der Waals surface area (Å²) in [6.45, 7) is 2.04. The van der Waals surface area contributed by atoms with Crippen LogP contribution in [0.4, 0.5) is 5.69 Å². The molecule has 1 unspecified atom stereocenters. The molecule has 1 atom stereocenters. The van der Waals surface area contributed by atoms with Gasteiger partial charge in [0.15, 0.2) is 8.30 Å². The van der Waals surface area contributed by atoms with Crippen LogP contribution in [0.15, 0.2) is 35.4 Å². The van der Waals surface area contributed by atoms with Crippen LogP contribution in [-0.4, -0.2) is 19.0 Å². The summed E-state index contributed by atoms with van der Waals surface area (Å²) in [5.74, 6) is 0. The van der Waals surface area contributed by atoms with Crippen LogP contribution in [0.1, 0.15) is 6.92 Å². The molecule has 1 aromatic rings. The number of rotatable bonds is 2. The minimum atomic E-state index is -0.592. The van der Waals surface area contributed by atoms with Crippen LogP contribution in [-0.2, 0) is 4.52 Å². The maximum Gasteiger partial charge on any atom is 0.160 e. The molecule has 2 rings (SSSR count). The summed E-state index contributed by atoms with van der Waals surface area (Å²) >= 11 is 0. The minimum absolute atomic E-state index is 0.592. The molecule has 0 amide bonds. The average molecular weight is 208 g/mol. The Morgan fingerprint density at radius 3 is 2.71 bits per heavy atom. The van der Waals surface area contributed by atoms with Crippen LogP contribution in [0, 0.1) is 0 Å². The molecule has 4 heteroatoms. The molecule has 74 valence electrons. The van der Waals surface area contributed by atoms with E-state index in [1.165, 1.54) is 0 Å². The molecule has 0 fully saturated rings. The zero-order valence-electron chi connectivity index (χ0n) is 8.34. The van der Waals surface area contributed by atoms with Crippen molar-refractivity contribution in [3.05, 3.63) is 30.3 Å². The van der Waals surface area contributed by atoms with Crippen molar-refractivity contribution in [2.45, 2.75) is 6.92 Å². The molecular formula is C10H13N2OP. The highest BCUT2D eigenvalue weighted by Crippen LogP contribution is 2.47. The van der Waals surface area contributed by atoms with E-state index in [0.29, 0.717) is 0 Å². The Hall–Kier alpha value is -0.920. The van der Waals surface area contributed by atoms with Crippen molar-refractivity contribution in [3.8, 4) is 0 Å². The Kier molecular flexibility index (Phi) is 2.80. The quantitative estimate of drug-likeness (QED) is 0.698. The van der Waals surface area contributed by atoms with Gasteiger partial charge in [-0.2, -0.15) is 5.10 Å². The Bertz CT molecular complexity index is 339. The van der Waals surface area contributed by atoms with Crippen LogP contribution < -0.4 is 4.78 Å². The van der Waals surface area contributed by atoms with Gasteiger partial charge in [0, 0.05) is 12.8 Å². The van der Waals surface area contributed by atoms with E-state index in [1.54, 1.807) is 7.11 Å². The van der Waals surface area contributed by atoms with Gasteiger partial charge >= 0.3 is 0 Å². The van der Waals surface area contributed by atoms with Crippen LogP contribution in [0.3, 0.4) is 0 Å². The normalized spacial score (nSPS) is 21.1. The number of nitrogens with zero attached hydrogens (tertiary/aromatic N) is 2. The summed E-state index contributed by atoms with van der Waals surface area (Å²) in [6, 6.07) is 10.1. The second kappa shape index (κ2) is 4.07. The lowest BCUT2D eigenvalue weighted by Gasteiger charge is -2.20. The van der Waals surface area contributed by atoms with Gasteiger partial charge in [0.25, 0.3) is 0 Å². The zero-order chi connectivity index (χ0) is 9.97. The molecule has 0 bridgehead atoms. The van der Waals surface area contributed by atoms with Gasteiger partial charge < -0.3 is 4.52 Å². The highest BCUT2D eigenvalue weighted by atomic mass is 31.2. The van der Waals surface area contributed by atoms with Crippen molar-refractivity contribution in [2.24, 2.45) is 5.10 Å². The van der Waals surface area contributed by atoms with Crippen molar-refractivity contribution < 1.29 is 4.52 Å². The predicted molar refractivity (Wildman–Crippen MR) is 60.8 cm³/mol. The molecule has 0 saturated carbocycles. The van der Waals surface area contributed by atoms with Crippen molar-refractivity contribution in [2.75, 3.05) is 18.1 Å². The first-order chi connectivity index (χ1) is 6.81. The van der Waals surface area contributed by atoms with Crippen LogP contribution >= 0.6 is 8.30 Å². The van der Waals surface area contributed by atoms with Crippen molar-refractivity contribution in [1.29, 1.82) is 0 Å². The van der Waals surface area contributed by atoms with E-state index >= 15 is 0 Å². The number of anilines is 1. The Labute approximate surface area is 85.3 Å². The third kappa shape index (κ3) is 1.79. The van der Waals surface area contributed by atoms with Crippen LogP contribution in [0.2, 0.25) is 0 Å². The molecule has 1 heterocycles.